The molecule has 0 saturated heterocycles. The standard InChI is InChI=1S/C18H20BrNO4/c1-3-22-16-10-7-14(11-17(16)23-4-2)20-18(21)12-24-15-8-5-13(19)6-9-15/h5-11H,3-4,12H2,1-2H3,(H,20,21). The van der Waals surface area contributed by atoms with Crippen molar-refractivity contribution in [3.05, 3.63) is 46.9 Å². The number of rotatable bonds is 8. The monoisotopic (exact) mass is 393 g/mol. The maximum atomic E-state index is 12.0. The lowest BCUT2D eigenvalue weighted by Gasteiger charge is -2.13. The molecule has 0 aliphatic carbocycles. The fourth-order valence-electron chi connectivity index (χ4n) is 2.01. The van der Waals surface area contributed by atoms with Crippen molar-refractivity contribution < 1.29 is 19.0 Å². The van der Waals surface area contributed by atoms with Crippen LogP contribution in [-0.2, 0) is 4.79 Å². The molecule has 0 unspecified atom stereocenters. The van der Waals surface area contributed by atoms with E-state index in [1.807, 2.05) is 26.0 Å². The fraction of sp³-hybridized carbons (Fsp3) is 0.278. The molecule has 0 aliphatic rings. The number of amides is 1. The molecule has 0 aromatic heterocycles. The first-order chi connectivity index (χ1) is 11.6. The SMILES string of the molecule is CCOc1ccc(NC(=O)COc2ccc(Br)cc2)cc1OCC. The van der Waals surface area contributed by atoms with E-state index < -0.39 is 0 Å². The van der Waals surface area contributed by atoms with Gasteiger partial charge in [-0.3, -0.25) is 4.79 Å². The average molecular weight is 394 g/mol. The van der Waals surface area contributed by atoms with Gasteiger partial charge in [0.15, 0.2) is 18.1 Å². The second-order valence-corrected chi connectivity index (χ2v) is 5.73. The van der Waals surface area contributed by atoms with Gasteiger partial charge >= 0.3 is 0 Å². The van der Waals surface area contributed by atoms with Gasteiger partial charge in [0, 0.05) is 16.2 Å². The van der Waals surface area contributed by atoms with Crippen molar-refractivity contribution in [3.8, 4) is 17.2 Å². The third-order valence-corrected chi connectivity index (χ3v) is 3.54. The minimum Gasteiger partial charge on any atom is -0.490 e. The summed E-state index contributed by atoms with van der Waals surface area (Å²) in [5, 5.41) is 2.78. The molecule has 128 valence electrons. The van der Waals surface area contributed by atoms with Crippen LogP contribution in [0, 0.1) is 0 Å². The summed E-state index contributed by atoms with van der Waals surface area (Å²) < 4.78 is 17.4. The molecular weight excluding hydrogens is 374 g/mol. The van der Waals surface area contributed by atoms with Crippen LogP contribution in [0.15, 0.2) is 46.9 Å². The largest absolute Gasteiger partial charge is 0.490 e. The number of carbonyl (C=O) groups is 1. The van der Waals surface area contributed by atoms with E-state index in [4.69, 9.17) is 14.2 Å². The first-order valence-electron chi connectivity index (χ1n) is 7.70. The molecule has 0 aliphatic heterocycles. The maximum Gasteiger partial charge on any atom is 0.262 e. The Morgan fingerprint density at radius 3 is 2.29 bits per heavy atom. The molecule has 0 fully saturated rings. The topological polar surface area (TPSA) is 56.8 Å². The van der Waals surface area contributed by atoms with E-state index >= 15 is 0 Å². The molecule has 0 spiro atoms. The minimum atomic E-state index is -0.246. The van der Waals surface area contributed by atoms with Gasteiger partial charge in [-0.25, -0.2) is 0 Å². The number of ether oxygens (including phenoxy) is 3. The molecule has 24 heavy (non-hydrogen) atoms. The summed E-state index contributed by atoms with van der Waals surface area (Å²) in [7, 11) is 0. The van der Waals surface area contributed by atoms with Crippen LogP contribution in [0.25, 0.3) is 0 Å². The molecule has 0 radical (unpaired) electrons. The Bertz CT molecular complexity index is 673. The van der Waals surface area contributed by atoms with E-state index in [0.29, 0.717) is 36.1 Å². The normalized spacial score (nSPS) is 10.1. The van der Waals surface area contributed by atoms with E-state index in [2.05, 4.69) is 21.2 Å². The number of benzene rings is 2. The third kappa shape index (κ3) is 5.45. The van der Waals surface area contributed by atoms with Gasteiger partial charge in [-0.05, 0) is 50.2 Å². The number of nitrogens with one attached hydrogen (secondary N) is 1. The fourth-order valence-corrected chi connectivity index (χ4v) is 2.27. The predicted molar refractivity (Wildman–Crippen MR) is 97.0 cm³/mol. The zero-order valence-electron chi connectivity index (χ0n) is 13.7. The van der Waals surface area contributed by atoms with Crippen LogP contribution in [0.2, 0.25) is 0 Å². The molecule has 6 heteroatoms. The maximum absolute atomic E-state index is 12.0. The number of carbonyl (C=O) groups excluding carboxylic acids is 1. The molecule has 0 bridgehead atoms. The Morgan fingerprint density at radius 1 is 0.958 bits per heavy atom. The van der Waals surface area contributed by atoms with Gasteiger partial charge in [-0.15, -0.1) is 0 Å². The molecule has 2 rings (SSSR count). The molecule has 0 heterocycles. The Labute approximate surface area is 150 Å². The number of halogens is 1. The molecule has 0 atom stereocenters. The second kappa shape index (κ2) is 9.17. The summed E-state index contributed by atoms with van der Waals surface area (Å²) in [5.41, 5.74) is 0.631. The van der Waals surface area contributed by atoms with Crippen molar-refractivity contribution in [1.29, 1.82) is 0 Å². The van der Waals surface area contributed by atoms with Crippen LogP contribution in [0.1, 0.15) is 13.8 Å². The van der Waals surface area contributed by atoms with Crippen LogP contribution in [-0.4, -0.2) is 25.7 Å². The van der Waals surface area contributed by atoms with Crippen LogP contribution in [0.5, 0.6) is 17.2 Å². The van der Waals surface area contributed by atoms with Gasteiger partial charge in [0.05, 0.1) is 13.2 Å². The van der Waals surface area contributed by atoms with Crippen LogP contribution >= 0.6 is 15.9 Å². The highest BCUT2D eigenvalue weighted by atomic mass is 79.9. The summed E-state index contributed by atoms with van der Waals surface area (Å²) in [5.74, 6) is 1.65. The van der Waals surface area contributed by atoms with Crippen LogP contribution in [0.4, 0.5) is 5.69 Å². The lowest BCUT2D eigenvalue weighted by molar-refractivity contribution is -0.118. The number of anilines is 1. The first-order valence-corrected chi connectivity index (χ1v) is 8.49. The van der Waals surface area contributed by atoms with E-state index in [0.717, 1.165) is 4.47 Å². The Hall–Kier alpha value is -2.21. The van der Waals surface area contributed by atoms with E-state index in [1.54, 1.807) is 30.3 Å². The molecule has 1 N–H and O–H groups in total. The molecule has 2 aromatic carbocycles. The van der Waals surface area contributed by atoms with Crippen molar-refractivity contribution in [2.75, 3.05) is 25.1 Å². The summed E-state index contributed by atoms with van der Waals surface area (Å²) in [6.07, 6.45) is 0. The Balaban J connectivity index is 1.95. The van der Waals surface area contributed by atoms with Crippen LogP contribution < -0.4 is 19.5 Å². The van der Waals surface area contributed by atoms with Gasteiger partial charge in [0.2, 0.25) is 0 Å². The Morgan fingerprint density at radius 2 is 1.62 bits per heavy atom. The predicted octanol–water partition coefficient (Wildman–Crippen LogP) is 4.26. The van der Waals surface area contributed by atoms with Crippen molar-refractivity contribution in [3.63, 3.8) is 0 Å². The van der Waals surface area contributed by atoms with Gasteiger partial charge in [0.25, 0.3) is 5.91 Å². The summed E-state index contributed by atoms with van der Waals surface area (Å²) in [6, 6.07) is 12.6. The van der Waals surface area contributed by atoms with Gasteiger partial charge < -0.3 is 19.5 Å². The smallest absolute Gasteiger partial charge is 0.262 e. The summed E-state index contributed by atoms with van der Waals surface area (Å²) in [4.78, 5) is 12.0. The average Bonchev–Trinajstić information content (AvgIpc) is 2.57. The minimum absolute atomic E-state index is 0.0706. The molecule has 0 saturated carbocycles. The second-order valence-electron chi connectivity index (χ2n) is 4.82. The highest BCUT2D eigenvalue weighted by molar-refractivity contribution is 9.10. The number of hydrogen-bond donors (Lipinski definition) is 1. The van der Waals surface area contributed by atoms with Crippen molar-refractivity contribution in [1.82, 2.24) is 0 Å². The zero-order chi connectivity index (χ0) is 17.4. The van der Waals surface area contributed by atoms with Crippen molar-refractivity contribution in [2.24, 2.45) is 0 Å². The summed E-state index contributed by atoms with van der Waals surface area (Å²) >= 11 is 3.35. The van der Waals surface area contributed by atoms with Crippen molar-refractivity contribution >= 4 is 27.5 Å². The van der Waals surface area contributed by atoms with E-state index in [9.17, 15) is 4.79 Å². The first kappa shape index (κ1) is 18.1. The molecule has 1 amide bonds. The van der Waals surface area contributed by atoms with E-state index in [-0.39, 0.29) is 12.5 Å². The zero-order valence-corrected chi connectivity index (χ0v) is 15.3. The molecule has 2 aromatic rings. The van der Waals surface area contributed by atoms with Gasteiger partial charge in [-0.1, -0.05) is 15.9 Å². The van der Waals surface area contributed by atoms with Crippen molar-refractivity contribution in [2.45, 2.75) is 13.8 Å². The molecule has 5 nitrogen and oxygen atoms in total. The number of hydrogen-bond acceptors (Lipinski definition) is 4. The lowest BCUT2D eigenvalue weighted by Crippen LogP contribution is -2.20. The third-order valence-electron chi connectivity index (χ3n) is 3.01. The van der Waals surface area contributed by atoms with E-state index in [1.165, 1.54) is 0 Å². The highest BCUT2D eigenvalue weighted by Crippen LogP contribution is 2.30. The Kier molecular flexibility index (Phi) is 6.93. The summed E-state index contributed by atoms with van der Waals surface area (Å²) in [6.45, 7) is 4.80. The highest BCUT2D eigenvalue weighted by Gasteiger charge is 2.09. The molecular formula is C18H20BrNO4. The van der Waals surface area contributed by atoms with Gasteiger partial charge in [-0.2, -0.15) is 0 Å². The van der Waals surface area contributed by atoms with Crippen LogP contribution in [0.3, 0.4) is 0 Å². The quantitative estimate of drug-likeness (QED) is 0.727. The lowest BCUT2D eigenvalue weighted by atomic mass is 10.2. The van der Waals surface area contributed by atoms with Gasteiger partial charge in [0.1, 0.15) is 5.75 Å².